The maximum absolute atomic E-state index is 10.3. The van der Waals surface area contributed by atoms with Crippen molar-refractivity contribution in [3.8, 4) is 5.75 Å². The van der Waals surface area contributed by atoms with E-state index in [-0.39, 0.29) is 5.54 Å². The van der Waals surface area contributed by atoms with E-state index in [1.807, 2.05) is 18.2 Å². The normalized spacial score (nSPS) is 16.7. The Hall–Kier alpha value is -1.12. The number of isocyanates is 1. The molecule has 0 unspecified atom stereocenters. The quantitative estimate of drug-likeness (QED) is 0.624. The summed E-state index contributed by atoms with van der Waals surface area (Å²) in [4.78, 5) is 14.2. The van der Waals surface area contributed by atoms with Crippen LogP contribution in [0.15, 0.2) is 27.7 Å². The first kappa shape index (κ1) is 10.4. The minimum Gasteiger partial charge on any atom is -0.497 e. The summed E-state index contributed by atoms with van der Waals surface area (Å²) in [6.07, 6.45) is 3.47. The number of ether oxygens (including phenoxy) is 1. The van der Waals surface area contributed by atoms with E-state index in [1.54, 1.807) is 13.2 Å². The second-order valence-corrected chi connectivity index (χ2v) is 4.43. The molecule has 15 heavy (non-hydrogen) atoms. The molecule has 1 aliphatic rings. The van der Waals surface area contributed by atoms with Crippen LogP contribution in [0.3, 0.4) is 0 Å². The molecule has 1 aliphatic carbocycles. The fraction of sp³-hybridized carbons (Fsp3) is 0.364. The Balaban J connectivity index is 2.41. The molecule has 78 valence electrons. The van der Waals surface area contributed by atoms with Crippen molar-refractivity contribution in [2.45, 2.75) is 18.4 Å². The number of benzene rings is 1. The van der Waals surface area contributed by atoms with Crippen LogP contribution in [-0.2, 0) is 10.3 Å². The van der Waals surface area contributed by atoms with Gasteiger partial charge in [-0.2, -0.15) is 4.99 Å². The zero-order valence-corrected chi connectivity index (χ0v) is 9.87. The highest BCUT2D eigenvalue weighted by Gasteiger charge is 2.46. The fourth-order valence-electron chi connectivity index (χ4n) is 1.65. The molecule has 0 saturated heterocycles. The van der Waals surface area contributed by atoms with E-state index in [4.69, 9.17) is 4.74 Å². The third-order valence-electron chi connectivity index (χ3n) is 2.66. The number of nitrogens with zero attached hydrogens (tertiary/aromatic N) is 1. The highest BCUT2D eigenvalue weighted by molar-refractivity contribution is 9.10. The Morgan fingerprint density at radius 1 is 1.53 bits per heavy atom. The van der Waals surface area contributed by atoms with Crippen molar-refractivity contribution in [2.75, 3.05) is 7.11 Å². The molecule has 0 aliphatic heterocycles. The van der Waals surface area contributed by atoms with Crippen molar-refractivity contribution in [3.05, 3.63) is 28.2 Å². The van der Waals surface area contributed by atoms with Crippen molar-refractivity contribution >= 4 is 22.0 Å². The molecule has 0 N–H and O–H groups in total. The fourth-order valence-corrected chi connectivity index (χ4v) is 2.37. The molecule has 2 rings (SSSR count). The van der Waals surface area contributed by atoms with Gasteiger partial charge < -0.3 is 4.74 Å². The molecule has 1 saturated carbocycles. The third-order valence-corrected chi connectivity index (χ3v) is 3.32. The molecule has 1 fully saturated rings. The minimum atomic E-state index is -0.327. The molecule has 1 aromatic carbocycles. The monoisotopic (exact) mass is 267 g/mol. The van der Waals surface area contributed by atoms with Gasteiger partial charge in [0.15, 0.2) is 0 Å². The van der Waals surface area contributed by atoms with Gasteiger partial charge in [0.2, 0.25) is 6.08 Å². The van der Waals surface area contributed by atoms with Gasteiger partial charge in [0, 0.05) is 4.47 Å². The molecule has 4 heteroatoms. The van der Waals surface area contributed by atoms with E-state index in [0.29, 0.717) is 0 Å². The van der Waals surface area contributed by atoms with Gasteiger partial charge in [-0.15, -0.1) is 0 Å². The molecule has 0 aromatic heterocycles. The lowest BCUT2D eigenvalue weighted by Crippen LogP contribution is -2.03. The van der Waals surface area contributed by atoms with E-state index in [1.165, 1.54) is 0 Å². The lowest BCUT2D eigenvalue weighted by Gasteiger charge is -2.11. The van der Waals surface area contributed by atoms with Gasteiger partial charge in [-0.05, 0) is 30.5 Å². The predicted molar refractivity (Wildman–Crippen MR) is 59.7 cm³/mol. The highest BCUT2D eigenvalue weighted by Crippen LogP contribution is 2.51. The number of hydrogen-bond donors (Lipinski definition) is 0. The van der Waals surface area contributed by atoms with Gasteiger partial charge in [-0.1, -0.05) is 22.0 Å². The maximum Gasteiger partial charge on any atom is 0.235 e. The first-order valence-corrected chi connectivity index (χ1v) is 5.44. The maximum atomic E-state index is 10.3. The number of carbonyl (C=O) groups excluding carboxylic acids is 1. The van der Waals surface area contributed by atoms with Gasteiger partial charge in [0.1, 0.15) is 5.75 Å². The Labute approximate surface area is 96.3 Å². The third kappa shape index (κ3) is 1.83. The zero-order valence-electron chi connectivity index (χ0n) is 8.29. The zero-order chi connectivity index (χ0) is 10.9. The SMILES string of the molecule is COc1ccc(C2(N=C=O)CC2)c(Br)c1. The molecule has 0 heterocycles. The van der Waals surface area contributed by atoms with Crippen LogP contribution >= 0.6 is 15.9 Å². The van der Waals surface area contributed by atoms with Crippen LogP contribution in [0.5, 0.6) is 5.75 Å². The minimum absolute atomic E-state index is 0.327. The summed E-state index contributed by atoms with van der Waals surface area (Å²) < 4.78 is 6.03. The Bertz CT molecular complexity index is 434. The smallest absolute Gasteiger partial charge is 0.235 e. The Morgan fingerprint density at radius 2 is 2.27 bits per heavy atom. The first-order valence-electron chi connectivity index (χ1n) is 4.65. The van der Waals surface area contributed by atoms with Crippen LogP contribution in [0.25, 0.3) is 0 Å². The van der Waals surface area contributed by atoms with Gasteiger partial charge in [0.25, 0.3) is 0 Å². The van der Waals surface area contributed by atoms with Crippen LogP contribution in [0.4, 0.5) is 0 Å². The lowest BCUT2D eigenvalue weighted by atomic mass is 10.1. The van der Waals surface area contributed by atoms with Gasteiger partial charge in [-0.25, -0.2) is 4.79 Å². The summed E-state index contributed by atoms with van der Waals surface area (Å²) in [5.74, 6) is 0.788. The summed E-state index contributed by atoms with van der Waals surface area (Å²) in [5, 5.41) is 0. The molecule has 0 spiro atoms. The summed E-state index contributed by atoms with van der Waals surface area (Å²) in [7, 11) is 1.62. The number of methoxy groups -OCH3 is 1. The van der Waals surface area contributed by atoms with Crippen LogP contribution < -0.4 is 4.74 Å². The molecule has 0 amide bonds. The standard InChI is InChI=1S/C11H10BrNO2/c1-15-8-2-3-9(10(12)6-8)11(4-5-11)13-7-14/h2-3,6H,4-5H2,1H3. The van der Waals surface area contributed by atoms with Gasteiger partial charge in [0.05, 0.1) is 12.6 Å². The Kier molecular flexibility index (Phi) is 2.63. The predicted octanol–water partition coefficient (Wildman–Crippen LogP) is 2.78. The largest absolute Gasteiger partial charge is 0.497 e. The molecule has 0 bridgehead atoms. The van der Waals surface area contributed by atoms with Crippen LogP contribution in [0.2, 0.25) is 0 Å². The molecule has 0 atom stereocenters. The molecule has 1 aromatic rings. The summed E-state index contributed by atoms with van der Waals surface area (Å²) in [5.41, 5.74) is 0.707. The highest BCUT2D eigenvalue weighted by atomic mass is 79.9. The topological polar surface area (TPSA) is 38.7 Å². The van der Waals surface area contributed by atoms with E-state index < -0.39 is 0 Å². The number of hydrogen-bond acceptors (Lipinski definition) is 3. The second kappa shape index (κ2) is 3.80. The van der Waals surface area contributed by atoms with E-state index in [0.717, 1.165) is 28.6 Å². The van der Waals surface area contributed by atoms with E-state index >= 15 is 0 Å². The first-order chi connectivity index (χ1) is 7.22. The van der Waals surface area contributed by atoms with E-state index in [2.05, 4.69) is 20.9 Å². The van der Waals surface area contributed by atoms with Crippen molar-refractivity contribution in [1.82, 2.24) is 0 Å². The molecule has 3 nitrogen and oxygen atoms in total. The van der Waals surface area contributed by atoms with Crippen molar-refractivity contribution in [2.24, 2.45) is 4.99 Å². The average molecular weight is 268 g/mol. The summed E-state index contributed by atoms with van der Waals surface area (Å²) >= 11 is 3.46. The second-order valence-electron chi connectivity index (χ2n) is 3.58. The van der Waals surface area contributed by atoms with Crippen molar-refractivity contribution in [3.63, 3.8) is 0 Å². The number of halogens is 1. The van der Waals surface area contributed by atoms with Crippen molar-refractivity contribution < 1.29 is 9.53 Å². The van der Waals surface area contributed by atoms with Crippen LogP contribution in [0, 0.1) is 0 Å². The van der Waals surface area contributed by atoms with Crippen molar-refractivity contribution in [1.29, 1.82) is 0 Å². The van der Waals surface area contributed by atoms with Gasteiger partial charge in [-0.3, -0.25) is 0 Å². The van der Waals surface area contributed by atoms with Crippen LogP contribution in [-0.4, -0.2) is 13.2 Å². The number of aliphatic imine (C=N–C) groups is 1. The Morgan fingerprint density at radius 3 is 2.73 bits per heavy atom. The molecular formula is C11H10BrNO2. The number of rotatable bonds is 3. The summed E-state index contributed by atoms with van der Waals surface area (Å²) in [6.45, 7) is 0. The molecule has 0 radical (unpaired) electrons. The average Bonchev–Trinajstić information content (AvgIpc) is 2.99. The van der Waals surface area contributed by atoms with Crippen LogP contribution in [0.1, 0.15) is 18.4 Å². The summed E-state index contributed by atoms with van der Waals surface area (Å²) in [6, 6.07) is 5.70. The molecular weight excluding hydrogens is 258 g/mol. The lowest BCUT2D eigenvalue weighted by molar-refractivity contribution is 0.414. The van der Waals surface area contributed by atoms with E-state index in [9.17, 15) is 4.79 Å². The van der Waals surface area contributed by atoms with Gasteiger partial charge >= 0.3 is 0 Å².